The fourth-order valence-corrected chi connectivity index (χ4v) is 3.55. The monoisotopic (exact) mass is 491 g/mol. The number of amidine groups is 1. The first-order chi connectivity index (χ1) is 16.2. The lowest BCUT2D eigenvalue weighted by atomic mass is 10.0. The van der Waals surface area contributed by atoms with Crippen molar-refractivity contribution in [2.75, 3.05) is 25.6 Å². The molecule has 0 fully saturated rings. The molecule has 2 rings (SSSR count). The maximum atomic E-state index is 12.5. The molecule has 1 heterocycles. The maximum absolute atomic E-state index is 12.5. The van der Waals surface area contributed by atoms with Crippen LogP contribution in [0.3, 0.4) is 0 Å². The SMILES string of the molecule is CCCOC(=O)c1sc(NC(=O)CCNC(=O)c2cc(C(=N)NO)cc(C(=O)OC)c2)nc1C. The largest absolute Gasteiger partial charge is 0.465 e. The van der Waals surface area contributed by atoms with E-state index in [0.29, 0.717) is 23.6 Å². The molecule has 0 bridgehead atoms. The zero-order chi connectivity index (χ0) is 25.3. The first-order valence-corrected chi connectivity index (χ1v) is 11.0. The maximum Gasteiger partial charge on any atom is 0.350 e. The second-order valence-corrected chi connectivity index (χ2v) is 7.90. The van der Waals surface area contributed by atoms with E-state index in [1.165, 1.54) is 25.3 Å². The predicted octanol–water partition coefficient (Wildman–Crippen LogP) is 1.87. The molecule has 0 radical (unpaired) electrons. The summed E-state index contributed by atoms with van der Waals surface area (Å²) in [6.45, 7) is 3.77. The van der Waals surface area contributed by atoms with Crippen molar-refractivity contribution in [3.05, 3.63) is 45.5 Å². The minimum absolute atomic E-state index is 0.00954. The van der Waals surface area contributed by atoms with Gasteiger partial charge in [-0.05, 0) is 31.5 Å². The quantitative estimate of drug-likeness (QED) is 0.143. The number of hydroxylamine groups is 1. The first kappa shape index (κ1) is 26.4. The number of carbonyl (C=O) groups excluding carboxylic acids is 4. The van der Waals surface area contributed by atoms with Crippen molar-refractivity contribution >= 4 is 46.1 Å². The summed E-state index contributed by atoms with van der Waals surface area (Å²) < 4.78 is 9.72. The Bertz CT molecular complexity index is 1060. The normalized spacial score (nSPS) is 10.2. The molecule has 0 aliphatic rings. The molecule has 0 aliphatic heterocycles. The van der Waals surface area contributed by atoms with Crippen molar-refractivity contribution in [2.24, 2.45) is 0 Å². The topological polar surface area (TPSA) is 180 Å². The summed E-state index contributed by atoms with van der Waals surface area (Å²) in [5, 5.41) is 22.0. The lowest BCUT2D eigenvalue weighted by molar-refractivity contribution is -0.116. The van der Waals surface area contributed by atoms with E-state index in [2.05, 4.69) is 20.4 Å². The molecular formula is C21H25N5O7S. The van der Waals surface area contributed by atoms with Gasteiger partial charge in [0, 0.05) is 24.1 Å². The number of anilines is 1. The van der Waals surface area contributed by atoms with Crippen molar-refractivity contribution in [3.8, 4) is 0 Å². The third-order valence-electron chi connectivity index (χ3n) is 4.32. The Morgan fingerprint density at radius 2 is 1.79 bits per heavy atom. The molecule has 2 aromatic rings. The van der Waals surface area contributed by atoms with Gasteiger partial charge in [-0.15, -0.1) is 0 Å². The number of nitrogens with one attached hydrogen (secondary N) is 4. The molecule has 0 spiro atoms. The Kier molecular flexibility index (Phi) is 9.64. The zero-order valence-electron chi connectivity index (χ0n) is 18.8. The van der Waals surface area contributed by atoms with Crippen LogP contribution in [0.15, 0.2) is 18.2 Å². The van der Waals surface area contributed by atoms with Crippen LogP contribution in [0.4, 0.5) is 5.13 Å². The molecule has 13 heteroatoms. The van der Waals surface area contributed by atoms with Crippen LogP contribution in [0.2, 0.25) is 0 Å². The number of aryl methyl sites for hydroxylation is 1. The van der Waals surface area contributed by atoms with Crippen molar-refractivity contribution in [1.82, 2.24) is 15.8 Å². The number of ether oxygens (including phenoxy) is 2. The fourth-order valence-electron chi connectivity index (χ4n) is 2.68. The summed E-state index contributed by atoms with van der Waals surface area (Å²) in [6, 6.07) is 3.85. The number of methoxy groups -OCH3 is 1. The van der Waals surface area contributed by atoms with Crippen LogP contribution < -0.4 is 16.1 Å². The highest BCUT2D eigenvalue weighted by Crippen LogP contribution is 2.23. The Balaban J connectivity index is 1.97. The van der Waals surface area contributed by atoms with Gasteiger partial charge < -0.3 is 20.1 Å². The minimum atomic E-state index is -0.724. The van der Waals surface area contributed by atoms with Crippen molar-refractivity contribution in [1.29, 1.82) is 5.41 Å². The van der Waals surface area contributed by atoms with Gasteiger partial charge in [-0.3, -0.25) is 25.7 Å². The molecule has 34 heavy (non-hydrogen) atoms. The Morgan fingerprint density at radius 1 is 1.12 bits per heavy atom. The van der Waals surface area contributed by atoms with Crippen LogP contribution in [-0.2, 0) is 14.3 Å². The molecule has 0 aliphatic carbocycles. The van der Waals surface area contributed by atoms with Crippen LogP contribution in [-0.4, -0.2) is 60.0 Å². The third kappa shape index (κ3) is 7.08. The van der Waals surface area contributed by atoms with Gasteiger partial charge in [0.2, 0.25) is 5.91 Å². The van der Waals surface area contributed by atoms with E-state index >= 15 is 0 Å². The number of amides is 2. The Hall–Kier alpha value is -3.84. The van der Waals surface area contributed by atoms with E-state index < -0.39 is 29.6 Å². The van der Waals surface area contributed by atoms with Gasteiger partial charge in [-0.25, -0.2) is 14.6 Å². The smallest absolute Gasteiger partial charge is 0.350 e. The number of esters is 2. The van der Waals surface area contributed by atoms with Gasteiger partial charge >= 0.3 is 11.9 Å². The molecule has 5 N–H and O–H groups in total. The van der Waals surface area contributed by atoms with Crippen LogP contribution in [0, 0.1) is 12.3 Å². The molecule has 1 aromatic heterocycles. The van der Waals surface area contributed by atoms with Gasteiger partial charge in [0.05, 0.1) is 25.0 Å². The number of nitrogens with zero attached hydrogens (tertiary/aromatic N) is 1. The molecule has 1 aromatic carbocycles. The Morgan fingerprint density at radius 3 is 2.44 bits per heavy atom. The van der Waals surface area contributed by atoms with Crippen LogP contribution in [0.25, 0.3) is 0 Å². The molecule has 12 nitrogen and oxygen atoms in total. The number of benzene rings is 1. The van der Waals surface area contributed by atoms with Crippen LogP contribution in [0.5, 0.6) is 0 Å². The summed E-state index contributed by atoms with van der Waals surface area (Å²) >= 11 is 1.00. The standard InChI is InChI=1S/C21H25N5O7S/c1-4-7-33-20(30)16-11(2)24-21(34-16)25-15(27)5-6-23-18(28)13-8-12(17(22)26-31)9-14(10-13)19(29)32-3/h8-10,31H,4-7H2,1-3H3,(H2,22,26)(H,23,28)(H,24,25,27). The molecule has 0 atom stereocenters. The second-order valence-electron chi connectivity index (χ2n) is 6.90. The van der Waals surface area contributed by atoms with Crippen molar-refractivity contribution in [2.45, 2.75) is 26.7 Å². The van der Waals surface area contributed by atoms with Gasteiger partial charge in [0.15, 0.2) is 5.13 Å². The number of aromatic nitrogens is 1. The lowest BCUT2D eigenvalue weighted by Crippen LogP contribution is -2.28. The summed E-state index contributed by atoms with van der Waals surface area (Å²) in [7, 11) is 1.17. The number of hydrogen-bond donors (Lipinski definition) is 5. The summed E-state index contributed by atoms with van der Waals surface area (Å²) in [5.41, 5.74) is 2.22. The number of hydrogen-bond acceptors (Lipinski definition) is 10. The highest BCUT2D eigenvalue weighted by Gasteiger charge is 2.18. The number of carbonyl (C=O) groups is 4. The van der Waals surface area contributed by atoms with Crippen LogP contribution in [0.1, 0.15) is 61.4 Å². The van der Waals surface area contributed by atoms with E-state index in [1.54, 1.807) is 12.4 Å². The molecule has 0 saturated carbocycles. The van der Waals surface area contributed by atoms with E-state index in [-0.39, 0.29) is 34.8 Å². The van der Waals surface area contributed by atoms with Gasteiger partial charge in [0.1, 0.15) is 10.7 Å². The summed E-state index contributed by atoms with van der Waals surface area (Å²) in [5.74, 6) is -2.68. The summed E-state index contributed by atoms with van der Waals surface area (Å²) in [6.07, 6.45) is 0.603. The van der Waals surface area contributed by atoms with E-state index in [0.717, 1.165) is 11.3 Å². The van der Waals surface area contributed by atoms with Gasteiger partial charge in [-0.1, -0.05) is 18.3 Å². The minimum Gasteiger partial charge on any atom is -0.465 e. The highest BCUT2D eigenvalue weighted by atomic mass is 32.1. The fraction of sp³-hybridized carbons (Fsp3) is 0.333. The van der Waals surface area contributed by atoms with Crippen molar-refractivity contribution in [3.63, 3.8) is 0 Å². The highest BCUT2D eigenvalue weighted by molar-refractivity contribution is 7.17. The van der Waals surface area contributed by atoms with Gasteiger partial charge in [0.25, 0.3) is 5.91 Å². The number of rotatable bonds is 10. The zero-order valence-corrected chi connectivity index (χ0v) is 19.6. The average molecular weight is 492 g/mol. The molecule has 2 amide bonds. The van der Waals surface area contributed by atoms with E-state index in [4.69, 9.17) is 15.4 Å². The van der Waals surface area contributed by atoms with Gasteiger partial charge in [-0.2, -0.15) is 0 Å². The third-order valence-corrected chi connectivity index (χ3v) is 5.37. The van der Waals surface area contributed by atoms with E-state index in [1.807, 2.05) is 6.92 Å². The average Bonchev–Trinajstić information content (AvgIpc) is 3.20. The van der Waals surface area contributed by atoms with E-state index in [9.17, 15) is 19.2 Å². The molecular weight excluding hydrogens is 466 g/mol. The predicted molar refractivity (Wildman–Crippen MR) is 123 cm³/mol. The Labute approximate surface area is 199 Å². The van der Waals surface area contributed by atoms with Crippen molar-refractivity contribution < 1.29 is 33.9 Å². The van der Waals surface area contributed by atoms with Crippen LogP contribution >= 0.6 is 11.3 Å². The second kappa shape index (κ2) is 12.4. The lowest BCUT2D eigenvalue weighted by Gasteiger charge is -2.10. The molecule has 182 valence electrons. The first-order valence-electron chi connectivity index (χ1n) is 10.1. The number of thiazole rings is 1. The summed E-state index contributed by atoms with van der Waals surface area (Å²) in [4.78, 5) is 53.0. The molecule has 0 unspecified atom stereocenters. The molecule has 0 saturated heterocycles.